The van der Waals surface area contributed by atoms with Gasteiger partial charge in [0.2, 0.25) is 0 Å². The van der Waals surface area contributed by atoms with Crippen molar-refractivity contribution in [2.75, 3.05) is 7.11 Å². The Balaban J connectivity index is 1.90. The zero-order valence-corrected chi connectivity index (χ0v) is 17.9. The van der Waals surface area contributed by atoms with Crippen molar-refractivity contribution in [2.24, 2.45) is 0 Å². The minimum atomic E-state index is -0.362. The van der Waals surface area contributed by atoms with Crippen LogP contribution in [0, 0.1) is 0 Å². The summed E-state index contributed by atoms with van der Waals surface area (Å²) in [6.07, 6.45) is 6.00. The molecule has 0 fully saturated rings. The van der Waals surface area contributed by atoms with E-state index in [4.69, 9.17) is 16.3 Å². The van der Waals surface area contributed by atoms with E-state index in [-0.39, 0.29) is 12.6 Å². The van der Waals surface area contributed by atoms with E-state index in [1.54, 1.807) is 6.07 Å². The third-order valence-corrected chi connectivity index (χ3v) is 5.17. The molecule has 6 heteroatoms. The van der Waals surface area contributed by atoms with Crippen LogP contribution in [0.4, 0.5) is 0 Å². The van der Waals surface area contributed by atoms with Gasteiger partial charge >= 0.3 is 5.97 Å². The number of benzene rings is 2. The van der Waals surface area contributed by atoms with E-state index < -0.39 is 0 Å². The number of aliphatic hydroxyl groups excluding tert-OH is 1. The van der Waals surface area contributed by atoms with Crippen LogP contribution in [-0.2, 0) is 17.9 Å². The summed E-state index contributed by atoms with van der Waals surface area (Å²) in [6.45, 7) is 2.46. The fourth-order valence-corrected chi connectivity index (χ4v) is 3.53. The maximum atomic E-state index is 12.1. The minimum Gasteiger partial charge on any atom is -0.465 e. The lowest BCUT2D eigenvalue weighted by molar-refractivity contribution is 0.0601. The van der Waals surface area contributed by atoms with Gasteiger partial charge in [0.15, 0.2) is 5.15 Å². The number of esters is 1. The van der Waals surface area contributed by atoms with E-state index in [1.807, 2.05) is 53.1 Å². The Morgan fingerprint density at radius 1 is 1.20 bits per heavy atom. The quantitative estimate of drug-likeness (QED) is 0.495. The first-order chi connectivity index (χ1) is 14.6. The molecule has 1 heterocycles. The molecule has 2 aromatic carbocycles. The van der Waals surface area contributed by atoms with Gasteiger partial charge in [-0.3, -0.25) is 0 Å². The molecule has 0 aliphatic rings. The highest BCUT2D eigenvalue weighted by molar-refractivity contribution is 6.30. The second kappa shape index (κ2) is 10.2. The molecule has 5 nitrogen and oxygen atoms in total. The predicted octanol–water partition coefficient (Wildman–Crippen LogP) is 5.34. The monoisotopic (exact) mass is 424 g/mol. The van der Waals surface area contributed by atoms with Gasteiger partial charge in [-0.15, -0.1) is 0 Å². The number of imidazole rings is 1. The summed E-state index contributed by atoms with van der Waals surface area (Å²) in [6, 6.07) is 15.3. The van der Waals surface area contributed by atoms with Crippen molar-refractivity contribution in [1.82, 2.24) is 9.55 Å². The van der Waals surface area contributed by atoms with Crippen molar-refractivity contribution < 1.29 is 14.6 Å². The van der Waals surface area contributed by atoms with Gasteiger partial charge in [0.1, 0.15) is 5.82 Å². The number of aromatic nitrogens is 2. The molecule has 0 saturated carbocycles. The summed E-state index contributed by atoms with van der Waals surface area (Å²) in [5, 5.41) is 10.1. The highest BCUT2D eigenvalue weighted by Crippen LogP contribution is 2.26. The van der Waals surface area contributed by atoms with Gasteiger partial charge in [0.05, 0.1) is 25.0 Å². The number of rotatable bonds is 8. The second-order valence-corrected chi connectivity index (χ2v) is 7.23. The van der Waals surface area contributed by atoms with Crippen molar-refractivity contribution in [3.63, 3.8) is 0 Å². The largest absolute Gasteiger partial charge is 0.465 e. The number of unbranched alkanes of at least 4 members (excludes halogenated alkanes) is 1. The number of carbonyl (C=O) groups is 1. The highest BCUT2D eigenvalue weighted by Gasteiger charge is 2.15. The van der Waals surface area contributed by atoms with E-state index in [1.165, 1.54) is 7.11 Å². The van der Waals surface area contributed by atoms with E-state index >= 15 is 0 Å². The third kappa shape index (κ3) is 4.81. The summed E-state index contributed by atoms with van der Waals surface area (Å²) in [5.41, 5.74) is 3.89. The van der Waals surface area contributed by atoms with Crippen molar-refractivity contribution in [2.45, 2.75) is 32.9 Å². The molecule has 0 bridgehead atoms. The fraction of sp³-hybridized carbons (Fsp3) is 0.250. The molecule has 0 aliphatic heterocycles. The number of ether oxygens (including phenoxy) is 1. The Labute approximate surface area is 181 Å². The van der Waals surface area contributed by atoms with Crippen LogP contribution in [0.2, 0.25) is 5.15 Å². The molecule has 0 aliphatic carbocycles. The Morgan fingerprint density at radius 2 is 1.93 bits per heavy atom. The Bertz CT molecular complexity index is 1040. The average Bonchev–Trinajstić information content (AvgIpc) is 3.07. The Kier molecular flexibility index (Phi) is 7.44. The van der Waals surface area contributed by atoms with Gasteiger partial charge in [-0.25, -0.2) is 9.78 Å². The number of carbonyl (C=O) groups excluding carboxylic acids is 1. The van der Waals surface area contributed by atoms with Crippen molar-refractivity contribution >= 4 is 23.6 Å². The van der Waals surface area contributed by atoms with Gasteiger partial charge in [0, 0.05) is 6.54 Å². The van der Waals surface area contributed by atoms with Crippen LogP contribution in [0.3, 0.4) is 0 Å². The zero-order valence-electron chi connectivity index (χ0n) is 17.1. The van der Waals surface area contributed by atoms with E-state index in [2.05, 4.69) is 18.0 Å². The molecule has 1 aromatic heterocycles. The summed E-state index contributed by atoms with van der Waals surface area (Å²) < 4.78 is 6.81. The van der Waals surface area contributed by atoms with Gasteiger partial charge in [-0.1, -0.05) is 73.5 Å². The molecule has 0 unspecified atom stereocenters. The predicted molar refractivity (Wildman–Crippen MR) is 119 cm³/mol. The molecule has 0 spiro atoms. The fourth-order valence-electron chi connectivity index (χ4n) is 3.28. The van der Waals surface area contributed by atoms with Crippen LogP contribution in [0.15, 0.2) is 54.6 Å². The molecule has 3 aromatic rings. The van der Waals surface area contributed by atoms with E-state index in [9.17, 15) is 9.90 Å². The molecule has 1 N–H and O–H groups in total. The number of hydrogen-bond acceptors (Lipinski definition) is 4. The SMILES string of the molecule is CCC/C=C/c1nc(Cl)c(CO)n1Cc1ccc(-c2ccccc2C(=O)OC)cc1. The van der Waals surface area contributed by atoms with Crippen molar-refractivity contribution in [1.29, 1.82) is 0 Å². The number of aliphatic hydroxyl groups is 1. The molecule has 0 radical (unpaired) electrons. The van der Waals surface area contributed by atoms with Crippen LogP contribution in [0.5, 0.6) is 0 Å². The number of halogens is 1. The van der Waals surface area contributed by atoms with Crippen LogP contribution < -0.4 is 0 Å². The third-order valence-electron chi connectivity index (χ3n) is 4.86. The van der Waals surface area contributed by atoms with Gasteiger partial charge in [-0.05, 0) is 35.3 Å². The lowest BCUT2D eigenvalue weighted by Crippen LogP contribution is -2.07. The molecule has 0 atom stereocenters. The van der Waals surface area contributed by atoms with Crippen LogP contribution >= 0.6 is 11.6 Å². The highest BCUT2D eigenvalue weighted by atomic mass is 35.5. The van der Waals surface area contributed by atoms with Crippen LogP contribution in [0.1, 0.15) is 47.2 Å². The molecule has 0 saturated heterocycles. The maximum absolute atomic E-state index is 12.1. The van der Waals surface area contributed by atoms with Crippen LogP contribution in [-0.4, -0.2) is 27.7 Å². The summed E-state index contributed by atoms with van der Waals surface area (Å²) in [7, 11) is 1.38. The number of hydrogen-bond donors (Lipinski definition) is 1. The standard InChI is InChI=1S/C24H25ClN2O3/c1-3-4-5-10-22-26-23(25)21(16-28)27(22)15-17-11-13-18(14-12-17)19-8-6-7-9-20(19)24(29)30-2/h5-14,28H,3-4,15-16H2,1-2H3/b10-5+. The topological polar surface area (TPSA) is 64.4 Å². The smallest absolute Gasteiger partial charge is 0.338 e. The first-order valence-corrected chi connectivity index (χ1v) is 10.3. The normalized spacial score (nSPS) is 11.2. The first kappa shape index (κ1) is 21.8. The maximum Gasteiger partial charge on any atom is 0.338 e. The Morgan fingerprint density at radius 3 is 2.60 bits per heavy atom. The number of nitrogens with zero attached hydrogens (tertiary/aromatic N) is 2. The summed E-state index contributed by atoms with van der Waals surface area (Å²) in [5.74, 6) is 0.358. The molecule has 0 amide bonds. The second-order valence-electron chi connectivity index (χ2n) is 6.88. The van der Waals surface area contributed by atoms with E-state index in [0.717, 1.165) is 35.4 Å². The lowest BCUT2D eigenvalue weighted by Gasteiger charge is -2.11. The zero-order chi connectivity index (χ0) is 21.5. The van der Waals surface area contributed by atoms with E-state index in [0.29, 0.717) is 23.0 Å². The van der Waals surface area contributed by atoms with Gasteiger partial charge < -0.3 is 14.4 Å². The minimum absolute atomic E-state index is 0.183. The Hall–Kier alpha value is -2.89. The lowest BCUT2D eigenvalue weighted by atomic mass is 9.98. The van der Waals surface area contributed by atoms with Gasteiger partial charge in [-0.2, -0.15) is 0 Å². The first-order valence-electron chi connectivity index (χ1n) is 9.88. The van der Waals surface area contributed by atoms with Crippen molar-refractivity contribution in [3.05, 3.63) is 82.4 Å². The van der Waals surface area contributed by atoms with Gasteiger partial charge in [0.25, 0.3) is 0 Å². The number of methoxy groups -OCH3 is 1. The summed E-state index contributed by atoms with van der Waals surface area (Å²) in [4.78, 5) is 16.4. The summed E-state index contributed by atoms with van der Waals surface area (Å²) >= 11 is 6.23. The molecule has 3 rings (SSSR count). The number of allylic oxidation sites excluding steroid dienone is 1. The van der Waals surface area contributed by atoms with Crippen LogP contribution in [0.25, 0.3) is 17.2 Å². The molecule has 156 valence electrons. The molecule has 30 heavy (non-hydrogen) atoms. The van der Waals surface area contributed by atoms with Crippen molar-refractivity contribution in [3.8, 4) is 11.1 Å². The molecular weight excluding hydrogens is 400 g/mol. The average molecular weight is 425 g/mol. The molecular formula is C24H25ClN2O3.